The van der Waals surface area contributed by atoms with Crippen LogP contribution < -0.4 is 5.32 Å². The van der Waals surface area contributed by atoms with Gasteiger partial charge in [0.05, 0.1) is 0 Å². The van der Waals surface area contributed by atoms with Crippen LogP contribution >= 0.6 is 0 Å². The van der Waals surface area contributed by atoms with E-state index in [0.29, 0.717) is 0 Å². The fourth-order valence-electron chi connectivity index (χ4n) is 4.81. The van der Waals surface area contributed by atoms with Gasteiger partial charge < -0.3 is 10.2 Å². The van der Waals surface area contributed by atoms with Crippen LogP contribution in [0.25, 0.3) is 0 Å². The highest BCUT2D eigenvalue weighted by atomic mass is 15.1. The number of rotatable bonds is 23. The summed E-state index contributed by atoms with van der Waals surface area (Å²) in [5, 5.41) is 3.60. The second-order valence-corrected chi connectivity index (χ2v) is 10.5. The Balaban J connectivity index is 2.29. The van der Waals surface area contributed by atoms with Crippen LogP contribution in [0.15, 0.2) is 24.3 Å². The lowest BCUT2D eigenvalue weighted by Gasteiger charge is -2.24. The summed E-state index contributed by atoms with van der Waals surface area (Å²) in [4.78, 5) is 2.60. The number of nitrogens with zero attached hydrogens (tertiary/aromatic N) is 1. The van der Waals surface area contributed by atoms with Gasteiger partial charge in [-0.3, -0.25) is 0 Å². The van der Waals surface area contributed by atoms with E-state index in [-0.39, 0.29) is 0 Å². The average molecular weight is 459 g/mol. The van der Waals surface area contributed by atoms with Crippen molar-refractivity contribution in [3.63, 3.8) is 0 Å². The topological polar surface area (TPSA) is 15.3 Å². The van der Waals surface area contributed by atoms with Gasteiger partial charge in [-0.25, -0.2) is 0 Å². The van der Waals surface area contributed by atoms with E-state index in [0.717, 1.165) is 18.9 Å². The molecule has 1 aromatic rings. The van der Waals surface area contributed by atoms with Gasteiger partial charge in [-0.05, 0) is 69.3 Å². The second kappa shape index (κ2) is 21.7. The molecule has 1 aromatic carbocycles. The minimum Gasteiger partial charge on any atom is -0.316 e. The van der Waals surface area contributed by atoms with E-state index < -0.39 is 0 Å². The van der Waals surface area contributed by atoms with Gasteiger partial charge in [0.15, 0.2) is 0 Å². The Hall–Kier alpha value is -0.860. The maximum atomic E-state index is 3.60. The Bertz CT molecular complexity index is 512. The first-order chi connectivity index (χ1) is 16.2. The molecular formula is C31H58N2. The van der Waals surface area contributed by atoms with E-state index in [4.69, 9.17) is 0 Å². The van der Waals surface area contributed by atoms with Crippen LogP contribution in [0.3, 0.4) is 0 Å². The van der Waals surface area contributed by atoms with Crippen LogP contribution in [0.4, 0.5) is 0 Å². The smallest absolute Gasteiger partial charge is 0.00189 e. The first-order valence-corrected chi connectivity index (χ1v) is 14.7. The summed E-state index contributed by atoms with van der Waals surface area (Å²) >= 11 is 0. The molecule has 0 bridgehead atoms. The number of nitrogens with one attached hydrogen (secondary N) is 1. The minimum atomic E-state index is 0.889. The summed E-state index contributed by atoms with van der Waals surface area (Å²) in [5.41, 5.74) is 2.95. The normalized spacial score (nSPS) is 11.7. The third-order valence-electron chi connectivity index (χ3n) is 7.10. The number of likely N-dealkylation sites (N-methyl/N-ethyl adjacent to an activating group) is 1. The molecule has 0 aromatic heterocycles. The Morgan fingerprint density at radius 2 is 1.15 bits per heavy atom. The molecule has 0 aliphatic carbocycles. The summed E-state index contributed by atoms with van der Waals surface area (Å²) in [5.74, 6) is 0.889. The average Bonchev–Trinajstić information content (AvgIpc) is 2.83. The number of benzene rings is 1. The molecule has 0 saturated carbocycles. The zero-order valence-corrected chi connectivity index (χ0v) is 23.0. The predicted octanol–water partition coefficient (Wildman–Crippen LogP) is 8.43. The van der Waals surface area contributed by atoms with Crippen LogP contribution in [-0.2, 0) is 12.8 Å². The van der Waals surface area contributed by atoms with Gasteiger partial charge >= 0.3 is 0 Å². The summed E-state index contributed by atoms with van der Waals surface area (Å²) in [7, 11) is 2.34. The van der Waals surface area contributed by atoms with Gasteiger partial charge in [0.1, 0.15) is 0 Å². The van der Waals surface area contributed by atoms with E-state index in [1.807, 2.05) is 0 Å². The molecule has 33 heavy (non-hydrogen) atoms. The highest BCUT2D eigenvalue weighted by Crippen LogP contribution is 2.19. The summed E-state index contributed by atoms with van der Waals surface area (Å²) in [6.07, 6.45) is 21.7. The first-order valence-electron chi connectivity index (χ1n) is 14.7. The second-order valence-electron chi connectivity index (χ2n) is 10.5. The van der Waals surface area contributed by atoms with Crippen LogP contribution in [0.1, 0.15) is 122 Å². The molecule has 0 aliphatic rings. The zero-order chi connectivity index (χ0) is 24.0. The summed E-state index contributed by atoms with van der Waals surface area (Å²) < 4.78 is 0. The lowest BCUT2D eigenvalue weighted by atomic mass is 9.94. The van der Waals surface area contributed by atoms with Crippen molar-refractivity contribution in [3.05, 3.63) is 35.4 Å². The Labute approximate surface area is 208 Å². The Morgan fingerprint density at radius 1 is 0.636 bits per heavy atom. The van der Waals surface area contributed by atoms with Crippen molar-refractivity contribution in [2.24, 2.45) is 5.92 Å². The van der Waals surface area contributed by atoms with Gasteiger partial charge in [0, 0.05) is 13.1 Å². The SMILES string of the molecule is CCCCCCNCCc1ccc(CCN(C)CC(CCCCCC)CCCCCC)cc1. The van der Waals surface area contributed by atoms with E-state index in [2.05, 4.69) is 62.3 Å². The molecule has 0 amide bonds. The molecule has 1 N–H and O–H groups in total. The lowest BCUT2D eigenvalue weighted by molar-refractivity contribution is 0.252. The summed E-state index contributed by atoms with van der Waals surface area (Å²) in [6, 6.07) is 9.41. The molecule has 2 heteroatoms. The number of unbranched alkanes of at least 4 members (excludes halogenated alkanes) is 9. The van der Waals surface area contributed by atoms with Crippen LogP contribution in [-0.4, -0.2) is 38.1 Å². The fraction of sp³-hybridized carbons (Fsp3) is 0.806. The van der Waals surface area contributed by atoms with E-state index >= 15 is 0 Å². The molecule has 0 radical (unpaired) electrons. The van der Waals surface area contributed by atoms with Crippen molar-refractivity contribution < 1.29 is 0 Å². The fourth-order valence-corrected chi connectivity index (χ4v) is 4.81. The van der Waals surface area contributed by atoms with Crippen LogP contribution in [0.5, 0.6) is 0 Å². The molecule has 0 saturated heterocycles. The maximum Gasteiger partial charge on any atom is 0.00189 e. The predicted molar refractivity (Wildman–Crippen MR) is 149 cm³/mol. The van der Waals surface area contributed by atoms with E-state index in [1.165, 1.54) is 127 Å². The van der Waals surface area contributed by atoms with Crippen molar-refractivity contribution in [1.82, 2.24) is 10.2 Å². The molecule has 0 spiro atoms. The maximum absolute atomic E-state index is 3.60. The van der Waals surface area contributed by atoms with Crippen molar-refractivity contribution in [3.8, 4) is 0 Å². The van der Waals surface area contributed by atoms with Gasteiger partial charge in [0.2, 0.25) is 0 Å². The molecule has 2 nitrogen and oxygen atoms in total. The molecule has 1 rings (SSSR count). The molecule has 0 atom stereocenters. The number of hydrogen-bond acceptors (Lipinski definition) is 2. The summed E-state index contributed by atoms with van der Waals surface area (Å²) in [6.45, 7) is 11.6. The Kier molecular flexibility index (Phi) is 19.8. The van der Waals surface area contributed by atoms with Crippen LogP contribution in [0, 0.1) is 5.92 Å². The van der Waals surface area contributed by atoms with E-state index in [9.17, 15) is 0 Å². The lowest BCUT2D eigenvalue weighted by Crippen LogP contribution is -2.28. The molecule has 0 fully saturated rings. The zero-order valence-electron chi connectivity index (χ0n) is 23.0. The monoisotopic (exact) mass is 458 g/mol. The van der Waals surface area contributed by atoms with Gasteiger partial charge in [-0.1, -0.05) is 116 Å². The van der Waals surface area contributed by atoms with Gasteiger partial charge in [-0.15, -0.1) is 0 Å². The van der Waals surface area contributed by atoms with Crippen molar-refractivity contribution >= 4 is 0 Å². The molecule has 192 valence electrons. The van der Waals surface area contributed by atoms with Crippen LogP contribution in [0.2, 0.25) is 0 Å². The highest BCUT2D eigenvalue weighted by Gasteiger charge is 2.12. The minimum absolute atomic E-state index is 0.889. The number of hydrogen-bond donors (Lipinski definition) is 1. The van der Waals surface area contributed by atoms with Crippen molar-refractivity contribution in [2.45, 2.75) is 124 Å². The molecule has 0 unspecified atom stereocenters. The van der Waals surface area contributed by atoms with Crippen molar-refractivity contribution in [1.29, 1.82) is 0 Å². The molecule has 0 heterocycles. The quantitative estimate of drug-likeness (QED) is 0.165. The standard InChI is InChI=1S/C31H58N2/c1-5-8-11-14-17-31(18-15-12-9-6-2)28-33(4)27-24-30-21-19-29(20-22-30)23-26-32-25-16-13-10-7-3/h19-22,31-32H,5-18,23-28H2,1-4H3. The largest absolute Gasteiger partial charge is 0.316 e. The molecular weight excluding hydrogens is 400 g/mol. The molecule has 0 aliphatic heterocycles. The van der Waals surface area contributed by atoms with Gasteiger partial charge in [0.25, 0.3) is 0 Å². The Morgan fingerprint density at radius 3 is 1.70 bits per heavy atom. The van der Waals surface area contributed by atoms with E-state index in [1.54, 1.807) is 0 Å². The van der Waals surface area contributed by atoms with Gasteiger partial charge in [-0.2, -0.15) is 0 Å². The third kappa shape index (κ3) is 17.3. The highest BCUT2D eigenvalue weighted by molar-refractivity contribution is 5.23. The van der Waals surface area contributed by atoms with Crippen molar-refractivity contribution in [2.75, 3.05) is 33.2 Å². The third-order valence-corrected chi connectivity index (χ3v) is 7.10. The first kappa shape index (κ1) is 30.2.